The molecule has 0 aromatic rings. The molecule has 2 fully saturated rings. The van der Waals surface area contributed by atoms with Crippen molar-refractivity contribution >= 4 is 34.3 Å². The summed E-state index contributed by atoms with van der Waals surface area (Å²) in [5.41, 5.74) is -0.552. The third-order valence-electron chi connectivity index (χ3n) is 5.88. The van der Waals surface area contributed by atoms with Crippen molar-refractivity contribution in [1.82, 2.24) is 0 Å². The van der Waals surface area contributed by atoms with Gasteiger partial charge in [-0.25, -0.2) is 0 Å². The van der Waals surface area contributed by atoms with E-state index in [1.807, 2.05) is 13.8 Å². The molecule has 2 aliphatic rings. The van der Waals surface area contributed by atoms with Gasteiger partial charge in [0.1, 0.15) is 0 Å². The van der Waals surface area contributed by atoms with E-state index in [-0.39, 0.29) is 22.6 Å². The molecule has 0 aliphatic heterocycles. The second-order valence-corrected chi connectivity index (χ2v) is 9.73. The van der Waals surface area contributed by atoms with Crippen molar-refractivity contribution in [3.63, 3.8) is 0 Å². The van der Waals surface area contributed by atoms with Crippen molar-refractivity contribution in [3.8, 4) is 0 Å². The van der Waals surface area contributed by atoms with Gasteiger partial charge in [-0.05, 0) is 69.5 Å². The number of rotatable bonds is 6. The predicted molar refractivity (Wildman–Crippen MR) is 106 cm³/mol. The molecule has 2 saturated carbocycles. The lowest BCUT2D eigenvalue weighted by Gasteiger charge is -2.50. The monoisotopic (exact) mass is 388 g/mol. The van der Waals surface area contributed by atoms with E-state index in [1.54, 1.807) is 11.8 Å². The quantitative estimate of drug-likeness (QED) is 0.540. The zero-order valence-electron chi connectivity index (χ0n) is 15.9. The Kier molecular flexibility index (Phi) is 7.19. The zero-order valence-corrected chi connectivity index (χ0v) is 17.5. The van der Waals surface area contributed by atoms with Crippen LogP contribution < -0.4 is 0 Å². The number of ether oxygens (including phenoxy) is 2. The fraction of sp³-hybridized carbons (Fsp3) is 0.895. The highest BCUT2D eigenvalue weighted by Gasteiger charge is 2.57. The number of aliphatic hydroxyl groups is 1. The molecular weight excluding hydrogens is 356 g/mol. The molecule has 1 unspecified atom stereocenters. The number of hydrogen-bond donors (Lipinski definition) is 1. The van der Waals surface area contributed by atoms with Crippen molar-refractivity contribution in [2.75, 3.05) is 13.2 Å². The highest BCUT2D eigenvalue weighted by atomic mass is 32.2. The second kappa shape index (κ2) is 8.57. The van der Waals surface area contributed by atoms with Gasteiger partial charge in [-0.2, -0.15) is 0 Å². The van der Waals surface area contributed by atoms with Gasteiger partial charge in [0.25, 0.3) is 0 Å². The number of thiocarbonyl (C=S) groups is 1. The van der Waals surface area contributed by atoms with Gasteiger partial charge in [0.15, 0.2) is 0 Å². The fourth-order valence-electron chi connectivity index (χ4n) is 4.56. The summed E-state index contributed by atoms with van der Waals surface area (Å²) < 4.78 is 11.2. The van der Waals surface area contributed by atoms with Gasteiger partial charge in [-0.1, -0.05) is 25.6 Å². The standard InChI is InChI=1S/C19H32O4S2/c1-5-22-14(20)8-7-13-9-10-19(21)12-11-18(3,4)16(15(13)19)25-17(24)23-6-2/h13,15-16,21H,5-12H2,1-4H3/t13?,15-,16-,19-/m1/s1. The zero-order chi connectivity index (χ0) is 18.7. The summed E-state index contributed by atoms with van der Waals surface area (Å²) in [6.45, 7) is 9.29. The van der Waals surface area contributed by atoms with Crippen LogP contribution in [0.5, 0.6) is 0 Å². The minimum Gasteiger partial charge on any atom is -0.479 e. The third kappa shape index (κ3) is 4.89. The molecule has 0 aromatic carbocycles. The van der Waals surface area contributed by atoms with Crippen LogP contribution in [-0.4, -0.2) is 39.5 Å². The first kappa shape index (κ1) is 21.0. The first-order valence-electron chi connectivity index (χ1n) is 9.45. The van der Waals surface area contributed by atoms with Crippen molar-refractivity contribution in [2.24, 2.45) is 17.3 Å². The minimum atomic E-state index is -0.631. The molecule has 0 radical (unpaired) electrons. The normalized spacial score (nSPS) is 33.6. The van der Waals surface area contributed by atoms with Crippen LogP contribution in [0.4, 0.5) is 0 Å². The Bertz CT molecular complexity index is 494. The number of thioether (sulfide) groups is 1. The van der Waals surface area contributed by atoms with Crippen LogP contribution in [0.1, 0.15) is 66.2 Å². The molecule has 0 amide bonds. The largest absolute Gasteiger partial charge is 0.479 e. The van der Waals surface area contributed by atoms with E-state index in [0.29, 0.717) is 29.9 Å². The Balaban J connectivity index is 2.15. The van der Waals surface area contributed by atoms with E-state index in [2.05, 4.69) is 13.8 Å². The van der Waals surface area contributed by atoms with E-state index in [9.17, 15) is 9.90 Å². The number of esters is 1. The van der Waals surface area contributed by atoms with Crippen LogP contribution in [-0.2, 0) is 14.3 Å². The summed E-state index contributed by atoms with van der Waals surface area (Å²) in [6.07, 6.45) is 4.81. The molecule has 25 heavy (non-hydrogen) atoms. The lowest BCUT2D eigenvalue weighted by Crippen LogP contribution is -2.52. The summed E-state index contributed by atoms with van der Waals surface area (Å²) >= 11 is 7.01. The van der Waals surface area contributed by atoms with Gasteiger partial charge in [-0.15, -0.1) is 0 Å². The van der Waals surface area contributed by atoms with Gasteiger partial charge in [0, 0.05) is 17.6 Å². The van der Waals surface area contributed by atoms with Crippen LogP contribution in [0.15, 0.2) is 0 Å². The summed E-state index contributed by atoms with van der Waals surface area (Å²) in [5.74, 6) is 0.340. The molecule has 0 saturated heterocycles. The SMILES string of the molecule is CCOC(=O)CCC1CC[C@@]2(O)CCC(C)(C)[C@H](SC(=S)OCC)[C@@H]12. The van der Waals surface area contributed by atoms with E-state index in [0.717, 1.165) is 32.1 Å². The first-order valence-corrected chi connectivity index (χ1v) is 10.7. The van der Waals surface area contributed by atoms with Crippen molar-refractivity contribution in [3.05, 3.63) is 0 Å². The molecule has 0 spiro atoms. The van der Waals surface area contributed by atoms with E-state index in [1.165, 1.54) is 0 Å². The summed E-state index contributed by atoms with van der Waals surface area (Å²) in [7, 11) is 0. The van der Waals surface area contributed by atoms with Gasteiger partial charge < -0.3 is 14.6 Å². The van der Waals surface area contributed by atoms with E-state index < -0.39 is 5.60 Å². The number of hydrogen-bond acceptors (Lipinski definition) is 6. The van der Waals surface area contributed by atoms with Crippen molar-refractivity contribution in [2.45, 2.75) is 77.1 Å². The predicted octanol–water partition coefficient (Wildman–Crippen LogP) is 4.33. The average molecular weight is 389 g/mol. The summed E-state index contributed by atoms with van der Waals surface area (Å²) in [4.78, 5) is 11.8. The van der Waals surface area contributed by atoms with Crippen LogP contribution in [0.2, 0.25) is 0 Å². The Morgan fingerprint density at radius 3 is 2.52 bits per heavy atom. The Hall–Kier alpha value is -0.330. The molecule has 1 N–H and O–H groups in total. The Labute approximate surface area is 161 Å². The average Bonchev–Trinajstić information content (AvgIpc) is 2.86. The molecule has 2 aliphatic carbocycles. The molecule has 6 heteroatoms. The molecule has 4 nitrogen and oxygen atoms in total. The van der Waals surface area contributed by atoms with Gasteiger partial charge >= 0.3 is 5.97 Å². The van der Waals surface area contributed by atoms with Gasteiger partial charge in [0.05, 0.1) is 18.8 Å². The van der Waals surface area contributed by atoms with E-state index in [4.69, 9.17) is 21.7 Å². The lowest BCUT2D eigenvalue weighted by molar-refractivity contribution is -0.143. The number of carbonyl (C=O) groups is 1. The number of carbonyl (C=O) groups excluding carboxylic acids is 1. The van der Waals surface area contributed by atoms with Gasteiger partial charge in [0.2, 0.25) is 4.38 Å². The third-order valence-corrected chi connectivity index (χ3v) is 7.79. The van der Waals surface area contributed by atoms with Crippen LogP contribution in [0.3, 0.4) is 0 Å². The molecule has 0 aromatic heterocycles. The summed E-state index contributed by atoms with van der Waals surface area (Å²) in [5, 5.41) is 11.5. The smallest absolute Gasteiger partial charge is 0.305 e. The maximum absolute atomic E-state index is 11.8. The fourth-order valence-corrected chi connectivity index (χ4v) is 6.44. The lowest BCUT2D eigenvalue weighted by atomic mass is 9.63. The van der Waals surface area contributed by atoms with Crippen molar-refractivity contribution < 1.29 is 19.4 Å². The maximum atomic E-state index is 11.8. The summed E-state index contributed by atoms with van der Waals surface area (Å²) in [6, 6.07) is 0. The maximum Gasteiger partial charge on any atom is 0.305 e. The topological polar surface area (TPSA) is 55.8 Å². The van der Waals surface area contributed by atoms with Crippen molar-refractivity contribution in [1.29, 1.82) is 0 Å². The molecule has 2 rings (SSSR count). The molecule has 0 heterocycles. The molecular formula is C19H32O4S2. The first-order chi connectivity index (χ1) is 11.7. The van der Waals surface area contributed by atoms with Crippen LogP contribution in [0.25, 0.3) is 0 Å². The molecule has 4 atom stereocenters. The highest BCUT2D eigenvalue weighted by Crippen LogP contribution is 2.59. The van der Waals surface area contributed by atoms with Crippen LogP contribution >= 0.6 is 24.0 Å². The minimum absolute atomic E-state index is 0.0786. The Morgan fingerprint density at radius 1 is 1.20 bits per heavy atom. The van der Waals surface area contributed by atoms with E-state index >= 15 is 0 Å². The second-order valence-electron chi connectivity index (χ2n) is 7.98. The van der Waals surface area contributed by atoms with Gasteiger partial charge in [-0.3, -0.25) is 4.79 Å². The molecule has 0 bridgehead atoms. The highest BCUT2D eigenvalue weighted by molar-refractivity contribution is 8.23. The number of fused-ring (bicyclic) bond motifs is 1. The Morgan fingerprint density at radius 2 is 1.88 bits per heavy atom. The molecule has 144 valence electrons. The van der Waals surface area contributed by atoms with Crippen LogP contribution in [0, 0.1) is 17.3 Å².